The van der Waals surface area contributed by atoms with E-state index in [1.165, 1.54) is 13.2 Å². The second-order valence-corrected chi connectivity index (χ2v) is 5.67. The minimum absolute atomic E-state index is 0.178. The third-order valence-electron chi connectivity index (χ3n) is 3.82. The maximum atomic E-state index is 13.8. The van der Waals surface area contributed by atoms with E-state index >= 15 is 0 Å². The largest absolute Gasteiger partial charge is 0.494 e. The van der Waals surface area contributed by atoms with Crippen molar-refractivity contribution in [2.45, 2.75) is 6.42 Å². The average molecular weight is 355 g/mol. The zero-order valence-electron chi connectivity index (χ0n) is 14.1. The Labute approximate surface area is 149 Å². The smallest absolute Gasteiger partial charge is 0.242 e. The summed E-state index contributed by atoms with van der Waals surface area (Å²) in [6, 6.07) is 10.2. The van der Waals surface area contributed by atoms with Crippen LogP contribution in [0.1, 0.15) is 5.56 Å². The predicted molar refractivity (Wildman–Crippen MR) is 94.3 cm³/mol. The van der Waals surface area contributed by atoms with Crippen molar-refractivity contribution in [2.24, 2.45) is 5.92 Å². The van der Waals surface area contributed by atoms with E-state index in [1.807, 2.05) is 18.2 Å². The molecular weight excluding hydrogens is 337 g/mol. The lowest BCUT2D eigenvalue weighted by atomic mass is 10.0. The molecule has 0 saturated heterocycles. The molecule has 3 aromatic rings. The maximum absolute atomic E-state index is 13.8. The zero-order chi connectivity index (χ0) is 18.4. The number of ether oxygens (including phenoxy) is 1. The molecule has 0 aliphatic heterocycles. The third kappa shape index (κ3) is 4.21. The van der Waals surface area contributed by atoms with E-state index in [2.05, 4.69) is 25.5 Å². The Bertz CT molecular complexity index is 869. The molecule has 0 radical (unpaired) electrons. The number of methoxy groups -OCH3 is 1. The number of carbonyl (C=O) groups excluding carboxylic acids is 1. The molecule has 26 heavy (non-hydrogen) atoms. The molecule has 0 spiro atoms. The number of aldehydes is 1. The second-order valence-electron chi connectivity index (χ2n) is 5.67. The van der Waals surface area contributed by atoms with Gasteiger partial charge in [0.2, 0.25) is 5.95 Å². The average Bonchev–Trinajstić information content (AvgIpc) is 3.15. The lowest BCUT2D eigenvalue weighted by molar-refractivity contribution is -0.110. The number of hydrogen-bond acceptors (Lipinski definition) is 6. The molecule has 0 aliphatic carbocycles. The molecule has 0 saturated carbocycles. The number of pyridine rings is 1. The van der Waals surface area contributed by atoms with Crippen LogP contribution in [0.3, 0.4) is 0 Å². The van der Waals surface area contributed by atoms with Crippen molar-refractivity contribution in [2.75, 3.05) is 19.0 Å². The standard InChI is InChI=1S/C18H18FN5O2/c1-26-16-6-5-12(9-14(16)19)8-13(11-25)10-21-18-22-17(23-24-18)15-4-2-3-7-20-15/h2-7,9,11,13H,8,10H2,1H3,(H2,21,22,23,24). The van der Waals surface area contributed by atoms with Crippen LogP contribution in [0.25, 0.3) is 11.5 Å². The molecule has 134 valence electrons. The van der Waals surface area contributed by atoms with Crippen LogP contribution in [0.5, 0.6) is 5.75 Å². The summed E-state index contributed by atoms with van der Waals surface area (Å²) in [6.45, 7) is 0.330. The van der Waals surface area contributed by atoms with E-state index < -0.39 is 5.82 Å². The number of nitrogens with one attached hydrogen (secondary N) is 2. The summed E-state index contributed by atoms with van der Waals surface area (Å²) in [5.41, 5.74) is 1.39. The minimum atomic E-state index is -0.448. The van der Waals surface area contributed by atoms with Crippen molar-refractivity contribution in [3.05, 3.63) is 54.0 Å². The molecular formula is C18H18FN5O2. The van der Waals surface area contributed by atoms with E-state index in [4.69, 9.17) is 4.74 Å². The first-order valence-corrected chi connectivity index (χ1v) is 8.05. The Morgan fingerprint density at radius 1 is 1.35 bits per heavy atom. The van der Waals surface area contributed by atoms with Crippen LogP contribution in [0, 0.1) is 11.7 Å². The number of carbonyl (C=O) groups is 1. The van der Waals surface area contributed by atoms with E-state index in [9.17, 15) is 9.18 Å². The second kappa shape index (κ2) is 8.19. The van der Waals surface area contributed by atoms with Crippen molar-refractivity contribution >= 4 is 12.2 Å². The topological polar surface area (TPSA) is 92.8 Å². The number of H-pyrrole nitrogens is 1. The van der Waals surface area contributed by atoms with Crippen LogP contribution >= 0.6 is 0 Å². The molecule has 0 bridgehead atoms. The SMILES string of the molecule is COc1ccc(CC(C=O)CNc2n[nH]c(-c3ccccn3)n2)cc1F. The Hall–Kier alpha value is -3.29. The number of aromatic nitrogens is 4. The fourth-order valence-electron chi connectivity index (χ4n) is 2.49. The normalized spacial score (nSPS) is 11.8. The lowest BCUT2D eigenvalue weighted by Crippen LogP contribution is -2.18. The van der Waals surface area contributed by atoms with Crippen LogP contribution in [0.2, 0.25) is 0 Å². The molecule has 0 amide bonds. The monoisotopic (exact) mass is 355 g/mol. The number of hydrogen-bond donors (Lipinski definition) is 2. The summed E-state index contributed by atoms with van der Waals surface area (Å²) in [5, 5.41) is 9.87. The summed E-state index contributed by atoms with van der Waals surface area (Å²) >= 11 is 0. The van der Waals surface area contributed by atoms with Gasteiger partial charge in [-0.1, -0.05) is 12.1 Å². The van der Waals surface area contributed by atoms with Crippen molar-refractivity contribution in [1.82, 2.24) is 20.2 Å². The summed E-state index contributed by atoms with van der Waals surface area (Å²) in [5.74, 6) is 0.292. The fourth-order valence-corrected chi connectivity index (χ4v) is 2.49. The summed E-state index contributed by atoms with van der Waals surface area (Å²) in [4.78, 5) is 19.8. The van der Waals surface area contributed by atoms with Gasteiger partial charge < -0.3 is 14.8 Å². The number of halogens is 1. The molecule has 3 rings (SSSR count). The summed E-state index contributed by atoms with van der Waals surface area (Å²) < 4.78 is 18.7. The first-order chi connectivity index (χ1) is 12.7. The molecule has 2 heterocycles. The number of aromatic amines is 1. The van der Waals surface area contributed by atoms with Gasteiger partial charge in [0.1, 0.15) is 12.0 Å². The number of anilines is 1. The van der Waals surface area contributed by atoms with Gasteiger partial charge >= 0.3 is 0 Å². The fraction of sp³-hybridized carbons (Fsp3) is 0.222. The molecule has 1 atom stereocenters. The van der Waals surface area contributed by atoms with Crippen LogP contribution in [0.15, 0.2) is 42.6 Å². The van der Waals surface area contributed by atoms with Gasteiger partial charge in [-0.15, -0.1) is 5.10 Å². The Kier molecular flexibility index (Phi) is 5.52. The van der Waals surface area contributed by atoms with E-state index in [-0.39, 0.29) is 11.7 Å². The van der Waals surface area contributed by atoms with Crippen LogP contribution in [-0.4, -0.2) is 40.1 Å². The molecule has 0 fully saturated rings. The summed E-state index contributed by atoms with van der Waals surface area (Å²) in [6.07, 6.45) is 2.90. The highest BCUT2D eigenvalue weighted by Crippen LogP contribution is 2.19. The number of rotatable bonds is 8. The number of nitrogens with zero attached hydrogens (tertiary/aromatic N) is 3. The highest BCUT2D eigenvalue weighted by molar-refractivity contribution is 5.56. The first-order valence-electron chi connectivity index (χ1n) is 8.05. The van der Waals surface area contributed by atoms with Crippen LogP contribution < -0.4 is 10.1 Å². The third-order valence-corrected chi connectivity index (χ3v) is 3.82. The maximum Gasteiger partial charge on any atom is 0.242 e. The molecule has 0 aliphatic rings. The van der Waals surface area contributed by atoms with Gasteiger partial charge in [-0.2, -0.15) is 4.98 Å². The minimum Gasteiger partial charge on any atom is -0.494 e. The molecule has 2 N–H and O–H groups in total. The molecule has 1 unspecified atom stereocenters. The van der Waals surface area contributed by atoms with Gasteiger partial charge in [0.15, 0.2) is 17.4 Å². The Morgan fingerprint density at radius 2 is 2.23 bits per heavy atom. The van der Waals surface area contributed by atoms with E-state index in [0.29, 0.717) is 36.0 Å². The van der Waals surface area contributed by atoms with Crippen molar-refractivity contribution in [1.29, 1.82) is 0 Å². The van der Waals surface area contributed by atoms with E-state index in [0.717, 1.165) is 6.29 Å². The van der Waals surface area contributed by atoms with Gasteiger partial charge in [-0.25, -0.2) is 4.39 Å². The van der Waals surface area contributed by atoms with Gasteiger partial charge in [0.05, 0.1) is 7.11 Å². The first kappa shape index (κ1) is 17.5. The van der Waals surface area contributed by atoms with Gasteiger partial charge in [0, 0.05) is 18.7 Å². The molecule has 1 aromatic carbocycles. The van der Waals surface area contributed by atoms with Crippen molar-refractivity contribution < 1.29 is 13.9 Å². The van der Waals surface area contributed by atoms with Crippen molar-refractivity contribution in [3.8, 4) is 17.3 Å². The number of benzene rings is 1. The zero-order valence-corrected chi connectivity index (χ0v) is 14.1. The van der Waals surface area contributed by atoms with E-state index in [1.54, 1.807) is 18.3 Å². The van der Waals surface area contributed by atoms with Gasteiger partial charge in [-0.05, 0) is 36.2 Å². The van der Waals surface area contributed by atoms with Gasteiger partial charge in [0.25, 0.3) is 0 Å². The molecule has 7 nitrogen and oxygen atoms in total. The predicted octanol–water partition coefficient (Wildman–Crippen LogP) is 2.48. The van der Waals surface area contributed by atoms with Gasteiger partial charge in [-0.3, -0.25) is 10.1 Å². The quantitative estimate of drug-likeness (QED) is 0.603. The van der Waals surface area contributed by atoms with Crippen LogP contribution in [0.4, 0.5) is 10.3 Å². The van der Waals surface area contributed by atoms with Crippen LogP contribution in [-0.2, 0) is 11.2 Å². The Morgan fingerprint density at radius 3 is 2.92 bits per heavy atom. The highest BCUT2D eigenvalue weighted by Gasteiger charge is 2.13. The highest BCUT2D eigenvalue weighted by atomic mass is 19.1. The Balaban J connectivity index is 1.60. The molecule has 8 heteroatoms. The molecule has 2 aromatic heterocycles. The summed E-state index contributed by atoms with van der Waals surface area (Å²) in [7, 11) is 1.41. The van der Waals surface area contributed by atoms with Crippen molar-refractivity contribution in [3.63, 3.8) is 0 Å². The lowest BCUT2D eigenvalue weighted by Gasteiger charge is -2.11.